The van der Waals surface area contributed by atoms with Gasteiger partial charge in [-0.15, -0.1) is 5.10 Å². The van der Waals surface area contributed by atoms with Crippen LogP contribution in [0.5, 0.6) is 11.5 Å². The summed E-state index contributed by atoms with van der Waals surface area (Å²) < 4.78 is 10.6. The second kappa shape index (κ2) is 7.88. The molecule has 3 aromatic rings. The maximum Gasteiger partial charge on any atom is 0.249 e. The molecule has 0 atom stereocenters. The average Bonchev–Trinajstić information content (AvgIpc) is 2.65. The third kappa shape index (κ3) is 4.12. The Morgan fingerprint density at radius 3 is 2.58 bits per heavy atom. The molecule has 0 fully saturated rings. The minimum absolute atomic E-state index is 0.330. The number of ether oxygens (including phenoxy) is 2. The Kier molecular flexibility index (Phi) is 5.38. The number of anilines is 4. The zero-order valence-corrected chi connectivity index (χ0v) is 15.3. The zero-order chi connectivity index (χ0) is 18.5. The van der Waals surface area contributed by atoms with Gasteiger partial charge in [0.05, 0.1) is 26.1 Å². The monoisotopic (exact) mass is 371 g/mol. The van der Waals surface area contributed by atoms with Crippen LogP contribution in [0, 0.1) is 6.92 Å². The fourth-order valence-electron chi connectivity index (χ4n) is 2.26. The number of methoxy groups -OCH3 is 2. The smallest absolute Gasteiger partial charge is 0.249 e. The van der Waals surface area contributed by atoms with E-state index < -0.39 is 0 Å². The second-order valence-electron chi connectivity index (χ2n) is 5.45. The Morgan fingerprint density at radius 1 is 1.00 bits per heavy atom. The predicted molar refractivity (Wildman–Crippen MR) is 102 cm³/mol. The van der Waals surface area contributed by atoms with Gasteiger partial charge in [0.25, 0.3) is 0 Å². The van der Waals surface area contributed by atoms with Crippen LogP contribution < -0.4 is 20.1 Å². The summed E-state index contributed by atoms with van der Waals surface area (Å²) in [5.74, 6) is 2.17. The summed E-state index contributed by atoms with van der Waals surface area (Å²) in [6.45, 7) is 1.95. The lowest BCUT2D eigenvalue weighted by Crippen LogP contribution is -2.03. The van der Waals surface area contributed by atoms with Crippen LogP contribution in [-0.2, 0) is 0 Å². The van der Waals surface area contributed by atoms with E-state index in [1.54, 1.807) is 20.3 Å². The molecule has 1 aromatic heterocycles. The van der Waals surface area contributed by atoms with E-state index in [4.69, 9.17) is 21.1 Å². The van der Waals surface area contributed by atoms with Gasteiger partial charge in [0.2, 0.25) is 5.95 Å². The third-order valence-corrected chi connectivity index (χ3v) is 4.07. The van der Waals surface area contributed by atoms with Crippen molar-refractivity contribution in [3.8, 4) is 11.5 Å². The van der Waals surface area contributed by atoms with Crippen LogP contribution in [0.15, 0.2) is 42.6 Å². The van der Waals surface area contributed by atoms with Gasteiger partial charge >= 0.3 is 0 Å². The molecule has 0 amide bonds. The number of nitrogens with zero attached hydrogens (tertiary/aromatic N) is 3. The van der Waals surface area contributed by atoms with E-state index in [2.05, 4.69) is 25.8 Å². The van der Waals surface area contributed by atoms with Gasteiger partial charge in [-0.3, -0.25) is 0 Å². The Bertz CT molecular complexity index is 920. The highest BCUT2D eigenvalue weighted by Gasteiger charge is 2.08. The molecular formula is C18H18ClN5O2. The molecule has 0 spiro atoms. The van der Waals surface area contributed by atoms with Crippen LogP contribution in [0.4, 0.5) is 23.1 Å². The van der Waals surface area contributed by atoms with E-state index in [-0.39, 0.29) is 0 Å². The van der Waals surface area contributed by atoms with Crippen LogP contribution in [0.3, 0.4) is 0 Å². The number of hydrogen-bond donors (Lipinski definition) is 2. The summed E-state index contributed by atoms with van der Waals surface area (Å²) in [4.78, 5) is 4.41. The van der Waals surface area contributed by atoms with Crippen molar-refractivity contribution in [2.75, 3.05) is 24.9 Å². The Morgan fingerprint density at radius 2 is 1.85 bits per heavy atom. The Balaban J connectivity index is 1.80. The summed E-state index contributed by atoms with van der Waals surface area (Å²) in [5, 5.41) is 14.9. The molecular weight excluding hydrogens is 354 g/mol. The molecule has 26 heavy (non-hydrogen) atoms. The van der Waals surface area contributed by atoms with E-state index in [0.717, 1.165) is 11.3 Å². The SMILES string of the molecule is COc1ccc(Nc2nncc(Nc3ccc(C)c(Cl)c3)n2)c(OC)c1. The molecule has 2 aromatic carbocycles. The van der Waals surface area contributed by atoms with E-state index in [0.29, 0.717) is 34.0 Å². The summed E-state index contributed by atoms with van der Waals surface area (Å²) in [6.07, 6.45) is 1.53. The van der Waals surface area contributed by atoms with Gasteiger partial charge in [-0.1, -0.05) is 17.7 Å². The molecule has 3 rings (SSSR count). The largest absolute Gasteiger partial charge is 0.497 e. The molecule has 8 heteroatoms. The summed E-state index contributed by atoms with van der Waals surface area (Å²) in [7, 11) is 3.18. The quantitative estimate of drug-likeness (QED) is 0.667. The molecule has 1 heterocycles. The first-order chi connectivity index (χ1) is 12.6. The van der Waals surface area contributed by atoms with Crippen LogP contribution in [-0.4, -0.2) is 29.4 Å². The van der Waals surface area contributed by atoms with Gasteiger partial charge in [0, 0.05) is 16.8 Å². The highest BCUT2D eigenvalue weighted by molar-refractivity contribution is 6.31. The number of nitrogens with one attached hydrogen (secondary N) is 2. The van der Waals surface area contributed by atoms with Gasteiger partial charge in [0.1, 0.15) is 11.5 Å². The average molecular weight is 372 g/mol. The van der Waals surface area contributed by atoms with Crippen molar-refractivity contribution >= 4 is 34.7 Å². The maximum atomic E-state index is 6.15. The molecule has 7 nitrogen and oxygen atoms in total. The molecule has 0 aliphatic carbocycles. The van der Waals surface area contributed by atoms with Gasteiger partial charge in [-0.2, -0.15) is 10.1 Å². The topological polar surface area (TPSA) is 81.2 Å². The van der Waals surface area contributed by atoms with E-state index in [1.807, 2.05) is 37.3 Å². The summed E-state index contributed by atoms with van der Waals surface area (Å²) in [5.41, 5.74) is 2.52. The molecule has 2 N–H and O–H groups in total. The normalized spacial score (nSPS) is 10.3. The van der Waals surface area contributed by atoms with Crippen molar-refractivity contribution in [1.29, 1.82) is 0 Å². The lowest BCUT2D eigenvalue weighted by Gasteiger charge is -2.12. The lowest BCUT2D eigenvalue weighted by molar-refractivity contribution is 0.395. The van der Waals surface area contributed by atoms with Crippen LogP contribution >= 0.6 is 11.6 Å². The van der Waals surface area contributed by atoms with Crippen LogP contribution in [0.25, 0.3) is 0 Å². The fourth-order valence-corrected chi connectivity index (χ4v) is 2.44. The minimum atomic E-state index is 0.330. The van der Waals surface area contributed by atoms with E-state index >= 15 is 0 Å². The predicted octanol–water partition coefficient (Wildman–Crippen LogP) is 4.34. The standard InChI is InChI=1S/C18H18ClN5O2/c1-11-4-5-12(8-14(11)19)21-17-10-20-24-18(23-17)22-15-7-6-13(25-2)9-16(15)26-3/h4-10H,1-3H3,(H2,21,22,23,24). The van der Waals surface area contributed by atoms with Crippen molar-refractivity contribution in [3.05, 3.63) is 53.2 Å². The first-order valence-corrected chi connectivity index (χ1v) is 8.19. The maximum absolute atomic E-state index is 6.15. The number of aryl methyl sites for hydroxylation is 1. The number of rotatable bonds is 6. The number of hydrogen-bond acceptors (Lipinski definition) is 7. The molecule has 0 bridgehead atoms. The second-order valence-corrected chi connectivity index (χ2v) is 5.85. The molecule has 0 saturated heterocycles. The first kappa shape index (κ1) is 17.8. The van der Waals surface area contributed by atoms with Crippen molar-refractivity contribution in [1.82, 2.24) is 15.2 Å². The van der Waals surface area contributed by atoms with Crippen LogP contribution in [0.2, 0.25) is 5.02 Å². The van der Waals surface area contributed by atoms with Gasteiger partial charge in [0.15, 0.2) is 5.82 Å². The third-order valence-electron chi connectivity index (χ3n) is 3.66. The fraction of sp³-hybridized carbons (Fsp3) is 0.167. The number of halogens is 1. The van der Waals surface area contributed by atoms with Crippen molar-refractivity contribution in [2.45, 2.75) is 6.92 Å². The zero-order valence-electron chi connectivity index (χ0n) is 14.6. The molecule has 0 aliphatic heterocycles. The van der Waals surface area contributed by atoms with Gasteiger partial charge in [-0.05, 0) is 36.8 Å². The molecule has 0 unspecified atom stereocenters. The summed E-state index contributed by atoms with van der Waals surface area (Å²) >= 11 is 6.15. The summed E-state index contributed by atoms with van der Waals surface area (Å²) in [6, 6.07) is 11.1. The lowest BCUT2D eigenvalue weighted by atomic mass is 10.2. The number of benzene rings is 2. The van der Waals surface area contributed by atoms with Crippen molar-refractivity contribution in [2.24, 2.45) is 0 Å². The highest BCUT2D eigenvalue weighted by Crippen LogP contribution is 2.30. The van der Waals surface area contributed by atoms with Gasteiger partial charge in [-0.25, -0.2) is 0 Å². The highest BCUT2D eigenvalue weighted by atomic mass is 35.5. The van der Waals surface area contributed by atoms with E-state index in [1.165, 1.54) is 6.20 Å². The van der Waals surface area contributed by atoms with Crippen molar-refractivity contribution < 1.29 is 9.47 Å². The molecule has 134 valence electrons. The minimum Gasteiger partial charge on any atom is -0.497 e. The van der Waals surface area contributed by atoms with Gasteiger partial charge < -0.3 is 20.1 Å². The first-order valence-electron chi connectivity index (χ1n) is 7.81. The van der Waals surface area contributed by atoms with Crippen molar-refractivity contribution in [3.63, 3.8) is 0 Å². The van der Waals surface area contributed by atoms with Crippen LogP contribution in [0.1, 0.15) is 5.56 Å². The Hall–Kier alpha value is -3.06. The van der Waals surface area contributed by atoms with E-state index in [9.17, 15) is 0 Å². The molecule has 0 aliphatic rings. The Labute approximate surface area is 156 Å². The molecule has 0 radical (unpaired) electrons. The molecule has 0 saturated carbocycles. The number of aromatic nitrogens is 3.